The standard InChI is InChI=1S/C23H28N2O5/c1-15(2)24-21(26)14-30-18-11-10-17(13-20(18)29-4)23(27)25-12-6-8-16-7-5-9-19(28-3)22(16)25/h5,7,9-11,13,15H,6,8,12,14H2,1-4H3,(H,24,26). The zero-order valence-corrected chi connectivity index (χ0v) is 17.9. The topological polar surface area (TPSA) is 77.1 Å². The second kappa shape index (κ2) is 9.52. The van der Waals surface area contributed by atoms with Crippen LogP contribution in [0.15, 0.2) is 36.4 Å². The number of methoxy groups -OCH3 is 2. The Hall–Kier alpha value is -3.22. The van der Waals surface area contributed by atoms with Crippen molar-refractivity contribution in [3.63, 3.8) is 0 Å². The number of ether oxygens (including phenoxy) is 3. The number of anilines is 1. The molecule has 0 bridgehead atoms. The summed E-state index contributed by atoms with van der Waals surface area (Å²) in [6.45, 7) is 4.25. The molecule has 7 nitrogen and oxygen atoms in total. The van der Waals surface area contributed by atoms with Gasteiger partial charge in [-0.1, -0.05) is 12.1 Å². The summed E-state index contributed by atoms with van der Waals surface area (Å²) in [5, 5.41) is 2.77. The quantitative estimate of drug-likeness (QED) is 0.756. The third kappa shape index (κ3) is 4.67. The molecule has 0 aliphatic carbocycles. The van der Waals surface area contributed by atoms with Crippen LogP contribution in [-0.2, 0) is 11.2 Å². The number of aryl methyl sites for hydroxylation is 1. The van der Waals surface area contributed by atoms with Gasteiger partial charge in [-0.15, -0.1) is 0 Å². The van der Waals surface area contributed by atoms with Gasteiger partial charge in [-0.3, -0.25) is 9.59 Å². The first kappa shape index (κ1) is 21.5. The van der Waals surface area contributed by atoms with Gasteiger partial charge in [-0.05, 0) is 56.5 Å². The zero-order chi connectivity index (χ0) is 21.7. The summed E-state index contributed by atoms with van der Waals surface area (Å²) < 4.78 is 16.5. The van der Waals surface area contributed by atoms with E-state index in [0.717, 1.165) is 24.1 Å². The maximum Gasteiger partial charge on any atom is 0.258 e. The number of nitrogens with one attached hydrogen (secondary N) is 1. The molecule has 160 valence electrons. The van der Waals surface area contributed by atoms with E-state index in [-0.39, 0.29) is 24.5 Å². The number of benzene rings is 2. The van der Waals surface area contributed by atoms with Crippen LogP contribution in [0.4, 0.5) is 5.69 Å². The van der Waals surface area contributed by atoms with E-state index in [0.29, 0.717) is 29.4 Å². The monoisotopic (exact) mass is 412 g/mol. The van der Waals surface area contributed by atoms with Crippen LogP contribution in [0.3, 0.4) is 0 Å². The molecule has 2 aromatic carbocycles. The molecule has 0 saturated carbocycles. The second-order valence-electron chi connectivity index (χ2n) is 7.40. The van der Waals surface area contributed by atoms with Crippen molar-refractivity contribution in [2.75, 3.05) is 32.3 Å². The minimum atomic E-state index is -0.218. The van der Waals surface area contributed by atoms with Crippen LogP contribution >= 0.6 is 0 Å². The van der Waals surface area contributed by atoms with Gasteiger partial charge in [0, 0.05) is 18.2 Å². The number of carbonyl (C=O) groups excluding carboxylic acids is 2. The minimum Gasteiger partial charge on any atom is -0.495 e. The molecule has 30 heavy (non-hydrogen) atoms. The van der Waals surface area contributed by atoms with E-state index < -0.39 is 0 Å². The Labute approximate surface area is 176 Å². The van der Waals surface area contributed by atoms with Crippen LogP contribution in [-0.4, -0.2) is 45.2 Å². The van der Waals surface area contributed by atoms with Crippen LogP contribution in [0.5, 0.6) is 17.2 Å². The molecule has 1 N–H and O–H groups in total. The summed E-state index contributed by atoms with van der Waals surface area (Å²) in [6.07, 6.45) is 1.79. The van der Waals surface area contributed by atoms with E-state index >= 15 is 0 Å². The third-order valence-electron chi connectivity index (χ3n) is 4.86. The molecule has 0 saturated heterocycles. The van der Waals surface area contributed by atoms with Crippen molar-refractivity contribution in [2.45, 2.75) is 32.7 Å². The van der Waals surface area contributed by atoms with Gasteiger partial charge in [0.05, 0.1) is 19.9 Å². The summed E-state index contributed by atoms with van der Waals surface area (Å²) in [5.74, 6) is 1.13. The summed E-state index contributed by atoms with van der Waals surface area (Å²) >= 11 is 0. The normalized spacial score (nSPS) is 12.9. The van der Waals surface area contributed by atoms with E-state index in [1.807, 2.05) is 32.0 Å². The van der Waals surface area contributed by atoms with Gasteiger partial charge < -0.3 is 24.4 Å². The minimum absolute atomic E-state index is 0.0346. The molecule has 1 aliphatic heterocycles. The Bertz CT molecular complexity index is 912. The first-order valence-electron chi connectivity index (χ1n) is 10.0. The fraction of sp³-hybridized carbons (Fsp3) is 0.391. The zero-order valence-electron chi connectivity index (χ0n) is 17.9. The Balaban J connectivity index is 1.82. The maximum absolute atomic E-state index is 13.3. The van der Waals surface area contributed by atoms with Crippen molar-refractivity contribution in [2.24, 2.45) is 0 Å². The van der Waals surface area contributed by atoms with Crippen molar-refractivity contribution in [3.05, 3.63) is 47.5 Å². The first-order chi connectivity index (χ1) is 14.4. The highest BCUT2D eigenvalue weighted by Crippen LogP contribution is 2.37. The first-order valence-corrected chi connectivity index (χ1v) is 10.0. The Morgan fingerprint density at radius 3 is 2.53 bits per heavy atom. The average molecular weight is 412 g/mol. The largest absolute Gasteiger partial charge is 0.495 e. The Kier molecular flexibility index (Phi) is 6.82. The van der Waals surface area contributed by atoms with E-state index in [1.165, 1.54) is 7.11 Å². The predicted octanol–water partition coefficient (Wildman–Crippen LogP) is 3.20. The van der Waals surface area contributed by atoms with E-state index in [4.69, 9.17) is 14.2 Å². The molecule has 0 spiro atoms. The molecule has 1 heterocycles. The molecule has 0 unspecified atom stereocenters. The summed E-state index contributed by atoms with van der Waals surface area (Å²) in [6, 6.07) is 10.8. The lowest BCUT2D eigenvalue weighted by atomic mass is 10.00. The number of para-hydroxylation sites is 1. The van der Waals surface area contributed by atoms with E-state index in [1.54, 1.807) is 30.2 Å². The van der Waals surface area contributed by atoms with Gasteiger partial charge in [-0.25, -0.2) is 0 Å². The highest BCUT2D eigenvalue weighted by Gasteiger charge is 2.27. The van der Waals surface area contributed by atoms with E-state index in [2.05, 4.69) is 5.32 Å². The third-order valence-corrected chi connectivity index (χ3v) is 4.86. The number of nitrogens with zero attached hydrogens (tertiary/aromatic N) is 1. The number of rotatable bonds is 7. The van der Waals surface area contributed by atoms with Gasteiger partial charge >= 0.3 is 0 Å². The van der Waals surface area contributed by atoms with Crippen LogP contribution < -0.4 is 24.4 Å². The van der Waals surface area contributed by atoms with Crippen LogP contribution in [0.1, 0.15) is 36.2 Å². The fourth-order valence-electron chi connectivity index (χ4n) is 3.57. The maximum atomic E-state index is 13.3. The molecule has 0 radical (unpaired) electrons. The molecule has 0 aromatic heterocycles. The van der Waals surface area contributed by atoms with Crippen LogP contribution in [0, 0.1) is 0 Å². The predicted molar refractivity (Wildman–Crippen MR) is 115 cm³/mol. The summed E-state index contributed by atoms with van der Waals surface area (Å²) in [5.41, 5.74) is 2.39. The van der Waals surface area contributed by atoms with Crippen molar-refractivity contribution in [3.8, 4) is 17.2 Å². The second-order valence-corrected chi connectivity index (χ2v) is 7.40. The molecule has 2 amide bonds. The lowest BCUT2D eigenvalue weighted by Gasteiger charge is -2.31. The fourth-order valence-corrected chi connectivity index (χ4v) is 3.57. The van der Waals surface area contributed by atoms with Gasteiger partial charge in [0.2, 0.25) is 0 Å². The molecular formula is C23H28N2O5. The lowest BCUT2D eigenvalue weighted by molar-refractivity contribution is -0.123. The molecule has 3 rings (SSSR count). The Morgan fingerprint density at radius 2 is 1.83 bits per heavy atom. The number of fused-ring (bicyclic) bond motifs is 1. The van der Waals surface area contributed by atoms with Crippen molar-refractivity contribution >= 4 is 17.5 Å². The molecule has 2 aromatic rings. The molecular weight excluding hydrogens is 384 g/mol. The van der Waals surface area contributed by atoms with Gasteiger partial charge in [-0.2, -0.15) is 0 Å². The van der Waals surface area contributed by atoms with Gasteiger partial charge in [0.25, 0.3) is 11.8 Å². The van der Waals surface area contributed by atoms with Crippen molar-refractivity contribution < 1.29 is 23.8 Å². The number of carbonyl (C=O) groups is 2. The highest BCUT2D eigenvalue weighted by atomic mass is 16.5. The SMILES string of the molecule is COc1cc(C(=O)N2CCCc3cccc(OC)c32)ccc1OCC(=O)NC(C)C. The summed E-state index contributed by atoms with van der Waals surface area (Å²) in [7, 11) is 3.11. The van der Waals surface area contributed by atoms with Crippen LogP contribution in [0.2, 0.25) is 0 Å². The van der Waals surface area contributed by atoms with Crippen molar-refractivity contribution in [1.29, 1.82) is 0 Å². The van der Waals surface area contributed by atoms with Crippen molar-refractivity contribution in [1.82, 2.24) is 5.32 Å². The van der Waals surface area contributed by atoms with Gasteiger partial charge in [0.1, 0.15) is 5.75 Å². The molecule has 0 fully saturated rings. The van der Waals surface area contributed by atoms with E-state index in [9.17, 15) is 9.59 Å². The van der Waals surface area contributed by atoms with Gasteiger partial charge in [0.15, 0.2) is 18.1 Å². The lowest BCUT2D eigenvalue weighted by Crippen LogP contribution is -2.36. The average Bonchev–Trinajstić information content (AvgIpc) is 2.75. The molecule has 1 aliphatic rings. The number of amides is 2. The molecule has 0 atom stereocenters. The smallest absolute Gasteiger partial charge is 0.258 e. The molecule has 7 heteroatoms. The Morgan fingerprint density at radius 1 is 1.07 bits per heavy atom. The highest BCUT2D eigenvalue weighted by molar-refractivity contribution is 6.08. The number of hydrogen-bond donors (Lipinski definition) is 1. The number of hydrogen-bond acceptors (Lipinski definition) is 5. The van der Waals surface area contributed by atoms with Crippen LogP contribution in [0.25, 0.3) is 0 Å². The summed E-state index contributed by atoms with van der Waals surface area (Å²) in [4.78, 5) is 26.9.